The molecular formula is C79H130NO8P. The van der Waals surface area contributed by atoms with Crippen LogP contribution in [0.15, 0.2) is 170 Å². The van der Waals surface area contributed by atoms with E-state index in [9.17, 15) is 19.0 Å². The van der Waals surface area contributed by atoms with Gasteiger partial charge >= 0.3 is 19.8 Å². The van der Waals surface area contributed by atoms with Crippen LogP contribution >= 0.6 is 7.82 Å². The molecule has 0 spiro atoms. The highest BCUT2D eigenvalue weighted by atomic mass is 31.2. The Hall–Kier alpha value is -4.63. The lowest BCUT2D eigenvalue weighted by molar-refractivity contribution is -0.161. The van der Waals surface area contributed by atoms with Crippen molar-refractivity contribution in [2.75, 3.05) is 26.4 Å². The minimum Gasteiger partial charge on any atom is -0.462 e. The minimum atomic E-state index is -4.41. The number of unbranched alkanes of at least 4 members (excludes halogenated alkanes) is 24. The maximum Gasteiger partial charge on any atom is 0.472 e. The summed E-state index contributed by atoms with van der Waals surface area (Å²) in [5, 5.41) is 0. The summed E-state index contributed by atoms with van der Waals surface area (Å²) in [4.78, 5) is 35.4. The van der Waals surface area contributed by atoms with E-state index in [-0.39, 0.29) is 38.6 Å². The van der Waals surface area contributed by atoms with Gasteiger partial charge in [-0.05, 0) is 128 Å². The average Bonchev–Trinajstić information content (AvgIpc) is 3.68. The second-order valence-corrected chi connectivity index (χ2v) is 24.4. The molecule has 0 fully saturated rings. The molecule has 3 N–H and O–H groups in total. The molecule has 0 aromatic carbocycles. The molecule has 0 aromatic heterocycles. The van der Waals surface area contributed by atoms with Gasteiger partial charge in [0.05, 0.1) is 13.2 Å². The Kier molecular flexibility index (Phi) is 68.7. The van der Waals surface area contributed by atoms with Crippen molar-refractivity contribution in [2.24, 2.45) is 5.73 Å². The molecule has 2 unspecified atom stereocenters. The molecule has 0 bridgehead atoms. The van der Waals surface area contributed by atoms with Crippen LogP contribution < -0.4 is 5.73 Å². The van der Waals surface area contributed by atoms with E-state index in [0.717, 1.165) is 135 Å². The van der Waals surface area contributed by atoms with Crippen LogP contribution in [0.4, 0.5) is 0 Å². The number of phosphoric acid groups is 1. The summed E-state index contributed by atoms with van der Waals surface area (Å²) in [5.41, 5.74) is 5.40. The predicted molar refractivity (Wildman–Crippen MR) is 385 cm³/mol. The summed E-state index contributed by atoms with van der Waals surface area (Å²) in [7, 11) is -4.41. The zero-order valence-corrected chi connectivity index (χ0v) is 57.5. The molecule has 0 saturated carbocycles. The van der Waals surface area contributed by atoms with Crippen molar-refractivity contribution in [2.45, 2.75) is 290 Å². The Balaban J connectivity index is 3.96. The summed E-state index contributed by atoms with van der Waals surface area (Å²) >= 11 is 0. The van der Waals surface area contributed by atoms with Gasteiger partial charge in [-0.1, -0.05) is 312 Å². The van der Waals surface area contributed by atoms with Crippen molar-refractivity contribution < 1.29 is 37.6 Å². The molecule has 0 heterocycles. The first-order valence-electron chi connectivity index (χ1n) is 35.6. The first kappa shape index (κ1) is 84.4. The van der Waals surface area contributed by atoms with Crippen LogP contribution in [0.3, 0.4) is 0 Å². The van der Waals surface area contributed by atoms with Gasteiger partial charge in [-0.25, -0.2) is 4.57 Å². The Morgan fingerprint density at radius 2 is 0.584 bits per heavy atom. The van der Waals surface area contributed by atoms with E-state index in [1.807, 2.05) is 0 Å². The van der Waals surface area contributed by atoms with Gasteiger partial charge in [-0.3, -0.25) is 18.6 Å². The number of esters is 2. The Morgan fingerprint density at radius 1 is 0.337 bits per heavy atom. The lowest BCUT2D eigenvalue weighted by Gasteiger charge is -2.19. The van der Waals surface area contributed by atoms with E-state index in [0.29, 0.717) is 6.42 Å². The number of hydrogen-bond acceptors (Lipinski definition) is 8. The van der Waals surface area contributed by atoms with Crippen LogP contribution in [0.5, 0.6) is 0 Å². The van der Waals surface area contributed by atoms with Crippen LogP contribution in [0, 0.1) is 0 Å². The zero-order chi connectivity index (χ0) is 64.4. The van der Waals surface area contributed by atoms with Crippen molar-refractivity contribution in [3.63, 3.8) is 0 Å². The SMILES string of the molecule is CC/C=C\C/C=C\C/C=C\C/C=C\C/C=C\C/C=C\C/C=C\C/C=C\C/C=C\C/C=C\CCCCCCCCCCC(=O)OC(COC(=O)CCCCCCCCCCCCCCCCCC/C=C\C/C=C\C/C=C\C/C=C\CC)COP(=O)(O)OCCN. The largest absolute Gasteiger partial charge is 0.472 e. The number of nitrogens with two attached hydrogens (primary N) is 1. The van der Waals surface area contributed by atoms with Crippen molar-refractivity contribution in [1.29, 1.82) is 0 Å². The van der Waals surface area contributed by atoms with Crippen LogP contribution in [0.2, 0.25) is 0 Å². The van der Waals surface area contributed by atoms with Gasteiger partial charge in [-0.15, -0.1) is 0 Å². The highest BCUT2D eigenvalue weighted by molar-refractivity contribution is 7.47. The number of allylic oxidation sites excluding steroid dienone is 28. The third-order valence-electron chi connectivity index (χ3n) is 14.6. The molecule has 0 saturated heterocycles. The second kappa shape index (κ2) is 72.4. The lowest BCUT2D eigenvalue weighted by Crippen LogP contribution is -2.29. The first-order valence-corrected chi connectivity index (χ1v) is 37.1. The normalized spacial score (nSPS) is 14.0. The number of ether oxygens (including phenoxy) is 2. The maximum atomic E-state index is 12.8. The van der Waals surface area contributed by atoms with Crippen LogP contribution in [-0.2, 0) is 32.7 Å². The first-order chi connectivity index (χ1) is 43.8. The van der Waals surface area contributed by atoms with Crippen molar-refractivity contribution in [3.8, 4) is 0 Å². The monoisotopic (exact) mass is 1250 g/mol. The van der Waals surface area contributed by atoms with Crippen molar-refractivity contribution >= 4 is 19.8 Å². The van der Waals surface area contributed by atoms with Gasteiger partial charge in [0.15, 0.2) is 6.10 Å². The average molecular weight is 1250 g/mol. The van der Waals surface area contributed by atoms with Crippen LogP contribution in [0.25, 0.3) is 0 Å². The Morgan fingerprint density at radius 3 is 0.865 bits per heavy atom. The zero-order valence-electron chi connectivity index (χ0n) is 56.6. The van der Waals surface area contributed by atoms with Gasteiger partial charge in [0.25, 0.3) is 0 Å². The molecule has 0 amide bonds. The highest BCUT2D eigenvalue weighted by Crippen LogP contribution is 2.43. The molecule has 0 aliphatic rings. The van der Waals surface area contributed by atoms with E-state index in [4.69, 9.17) is 24.3 Å². The third-order valence-corrected chi connectivity index (χ3v) is 15.6. The standard InChI is InChI=1S/C79H130NO8P/c1-3-5-7-9-11-13-15-17-19-21-23-25-27-29-31-33-34-35-36-37-38-39-40-41-42-44-46-48-50-52-54-56-58-60-62-64-66-68-70-72-79(82)88-77(76-87-89(83,84)86-74-73-80)75-85-78(81)71-69-67-65-63-61-59-57-55-53-51-49-47-45-43-32-30-28-26-24-22-20-18-16-14-12-10-8-6-4-2/h5-8,11-14,17-20,23-26,29,31,34-35,37-38,40-41,44,46,50,52,77H,3-4,9-10,15-16,21-22,27-28,30,32-33,36,39,42-43,45,47-49,51,53-76,80H2,1-2H3,(H,83,84)/b7-5-,8-6-,13-11-,14-12-,19-17-,20-18-,25-23-,26-24-,31-29-,35-34-,38-37-,41-40-,46-44-,52-50-. The summed E-state index contributed by atoms with van der Waals surface area (Å²) in [5.74, 6) is -0.841. The van der Waals surface area contributed by atoms with Gasteiger partial charge in [-0.2, -0.15) is 0 Å². The van der Waals surface area contributed by atoms with E-state index >= 15 is 0 Å². The Bertz CT molecular complexity index is 2070. The van der Waals surface area contributed by atoms with E-state index in [2.05, 4.69) is 184 Å². The smallest absolute Gasteiger partial charge is 0.462 e. The fourth-order valence-corrected chi connectivity index (χ4v) is 10.2. The van der Waals surface area contributed by atoms with Crippen LogP contribution in [-0.4, -0.2) is 49.3 Å². The molecule has 10 heteroatoms. The number of rotatable bonds is 65. The van der Waals surface area contributed by atoms with E-state index in [1.54, 1.807) is 0 Å². The van der Waals surface area contributed by atoms with E-state index < -0.39 is 26.5 Å². The molecule has 89 heavy (non-hydrogen) atoms. The molecule has 0 radical (unpaired) electrons. The van der Waals surface area contributed by atoms with Gasteiger partial charge in [0.2, 0.25) is 0 Å². The molecule has 9 nitrogen and oxygen atoms in total. The van der Waals surface area contributed by atoms with E-state index in [1.165, 1.54) is 116 Å². The molecule has 0 rings (SSSR count). The van der Waals surface area contributed by atoms with Crippen molar-refractivity contribution in [3.05, 3.63) is 170 Å². The molecule has 0 aliphatic carbocycles. The number of hydrogen-bond donors (Lipinski definition) is 2. The van der Waals surface area contributed by atoms with Gasteiger partial charge in [0.1, 0.15) is 6.61 Å². The van der Waals surface area contributed by atoms with Crippen LogP contribution in [0.1, 0.15) is 284 Å². The molecular weight excluding hydrogens is 1120 g/mol. The highest BCUT2D eigenvalue weighted by Gasteiger charge is 2.26. The number of phosphoric ester groups is 1. The number of carbonyl (C=O) groups excluding carboxylic acids is 2. The lowest BCUT2D eigenvalue weighted by atomic mass is 10.0. The fourth-order valence-electron chi connectivity index (χ4n) is 9.42. The summed E-state index contributed by atoms with van der Waals surface area (Å²) in [6.45, 7) is 3.51. The summed E-state index contributed by atoms with van der Waals surface area (Å²) in [6, 6.07) is 0. The van der Waals surface area contributed by atoms with Crippen molar-refractivity contribution in [1.82, 2.24) is 0 Å². The molecule has 2 atom stereocenters. The molecule has 504 valence electrons. The number of carbonyl (C=O) groups is 2. The summed E-state index contributed by atoms with van der Waals surface area (Å²) < 4.78 is 33.2. The predicted octanol–water partition coefficient (Wildman–Crippen LogP) is 23.7. The second-order valence-electron chi connectivity index (χ2n) is 23.0. The minimum absolute atomic E-state index is 0.0447. The maximum absolute atomic E-state index is 12.8. The molecule has 0 aliphatic heterocycles. The van der Waals surface area contributed by atoms with Gasteiger partial charge < -0.3 is 20.1 Å². The van der Waals surface area contributed by atoms with Gasteiger partial charge in [0, 0.05) is 19.4 Å². The summed E-state index contributed by atoms with van der Waals surface area (Å²) in [6.07, 6.45) is 107. The third kappa shape index (κ3) is 72.3. The quantitative estimate of drug-likeness (QED) is 0.0264. The fraction of sp³-hybridized carbons (Fsp3) is 0.620. The molecule has 0 aromatic rings. The Labute approximate surface area is 546 Å². The topological polar surface area (TPSA) is 134 Å².